The molecule has 0 unspecified atom stereocenters. The van der Waals surface area contributed by atoms with Crippen LogP contribution in [0.15, 0.2) is 9.42 Å². The van der Waals surface area contributed by atoms with E-state index in [1.807, 2.05) is 0 Å². The molecule has 1 saturated heterocycles. The lowest BCUT2D eigenvalue weighted by Crippen LogP contribution is -2.41. The van der Waals surface area contributed by atoms with Crippen molar-refractivity contribution in [2.24, 2.45) is 5.92 Å². The molecule has 172 valence electrons. The van der Waals surface area contributed by atoms with E-state index in [2.05, 4.69) is 24.8 Å². The molecule has 2 aromatic heterocycles. The molecule has 2 aromatic rings. The third-order valence-corrected chi connectivity index (χ3v) is 7.43. The predicted octanol–water partition coefficient (Wildman–Crippen LogP) is 2.42. The third-order valence-electron chi connectivity index (χ3n) is 7.43. The molecule has 3 aliphatic rings. The molecule has 0 spiro atoms. The normalized spacial score (nSPS) is 21.0. The number of hydrogen-bond donors (Lipinski definition) is 1. The first-order valence-corrected chi connectivity index (χ1v) is 12.0. The molecule has 5 rings (SSSR count). The lowest BCUT2D eigenvalue weighted by Gasteiger charge is -2.33. The number of aromatic amines is 1. The Morgan fingerprint density at radius 2 is 1.88 bits per heavy atom. The molecule has 2 aliphatic heterocycles. The fourth-order valence-corrected chi connectivity index (χ4v) is 5.52. The summed E-state index contributed by atoms with van der Waals surface area (Å²) in [5.41, 5.74) is 2.61. The van der Waals surface area contributed by atoms with E-state index in [-0.39, 0.29) is 23.1 Å². The Hall–Kier alpha value is -2.55. The number of amides is 1. The van der Waals surface area contributed by atoms with Crippen LogP contribution in [0.3, 0.4) is 0 Å². The van der Waals surface area contributed by atoms with Gasteiger partial charge in [0.2, 0.25) is 0 Å². The Bertz CT molecular complexity index is 1020. The van der Waals surface area contributed by atoms with Gasteiger partial charge in [0.25, 0.3) is 11.5 Å². The molecule has 0 aromatic carbocycles. The number of carbonyl (C=O) groups excluding carboxylic acids is 1. The predicted molar refractivity (Wildman–Crippen MR) is 117 cm³/mol. The van der Waals surface area contributed by atoms with Crippen LogP contribution in [0.2, 0.25) is 0 Å². The minimum absolute atomic E-state index is 0.0150. The highest BCUT2D eigenvalue weighted by molar-refractivity contribution is 5.93. The number of aryl methyl sites for hydroxylation is 1. The second-order valence-electron chi connectivity index (χ2n) is 9.63. The van der Waals surface area contributed by atoms with Crippen molar-refractivity contribution in [1.29, 1.82) is 0 Å². The Kier molecular flexibility index (Phi) is 6.08. The highest BCUT2D eigenvalue weighted by Gasteiger charge is 2.30. The van der Waals surface area contributed by atoms with Gasteiger partial charge in [0.05, 0.1) is 11.3 Å². The van der Waals surface area contributed by atoms with Crippen molar-refractivity contribution in [3.05, 3.63) is 38.8 Å². The standard InChI is InChI=1S/C23H32N6O3/c1-15-20(27-32-26-15)23(31)29-11-7-17(8-12-29)21-24-19-9-10-28(14-18(19)22(30)25-21)13-16-5-3-2-4-6-16/h16-17H,2-14H2,1H3,(H,24,25,30). The molecule has 9 nitrogen and oxygen atoms in total. The molecule has 1 N–H and O–H groups in total. The average Bonchev–Trinajstić information content (AvgIpc) is 3.25. The van der Waals surface area contributed by atoms with Crippen molar-refractivity contribution < 1.29 is 9.42 Å². The lowest BCUT2D eigenvalue weighted by molar-refractivity contribution is 0.0699. The quantitative estimate of drug-likeness (QED) is 0.778. The molecule has 2 fully saturated rings. The molecule has 0 radical (unpaired) electrons. The zero-order chi connectivity index (χ0) is 22.1. The molecule has 1 saturated carbocycles. The Labute approximate surface area is 187 Å². The van der Waals surface area contributed by atoms with Gasteiger partial charge >= 0.3 is 0 Å². The first-order valence-electron chi connectivity index (χ1n) is 12.0. The maximum absolute atomic E-state index is 12.9. The van der Waals surface area contributed by atoms with Gasteiger partial charge in [0.1, 0.15) is 11.5 Å². The van der Waals surface area contributed by atoms with Crippen molar-refractivity contribution in [3.8, 4) is 0 Å². The lowest BCUT2D eigenvalue weighted by atomic mass is 9.88. The van der Waals surface area contributed by atoms with Crippen LogP contribution in [0, 0.1) is 12.8 Å². The molecular formula is C23H32N6O3. The number of carbonyl (C=O) groups is 1. The van der Waals surface area contributed by atoms with E-state index < -0.39 is 0 Å². The summed E-state index contributed by atoms with van der Waals surface area (Å²) in [6.45, 7) is 5.73. The number of piperidine rings is 1. The molecule has 0 atom stereocenters. The highest BCUT2D eigenvalue weighted by Crippen LogP contribution is 2.28. The van der Waals surface area contributed by atoms with E-state index in [0.717, 1.165) is 55.4 Å². The summed E-state index contributed by atoms with van der Waals surface area (Å²) in [7, 11) is 0. The third kappa shape index (κ3) is 4.35. The highest BCUT2D eigenvalue weighted by atomic mass is 16.6. The van der Waals surface area contributed by atoms with E-state index in [1.54, 1.807) is 11.8 Å². The maximum atomic E-state index is 12.9. The van der Waals surface area contributed by atoms with Crippen LogP contribution in [-0.4, -0.2) is 62.2 Å². The summed E-state index contributed by atoms with van der Waals surface area (Å²) in [6.07, 6.45) is 9.09. The molecule has 32 heavy (non-hydrogen) atoms. The fraction of sp³-hybridized carbons (Fsp3) is 0.696. The van der Waals surface area contributed by atoms with Crippen LogP contribution in [0.25, 0.3) is 0 Å². The number of rotatable bonds is 4. The number of H-pyrrole nitrogens is 1. The second-order valence-corrected chi connectivity index (χ2v) is 9.63. The van der Waals surface area contributed by atoms with E-state index in [0.29, 0.717) is 25.3 Å². The van der Waals surface area contributed by atoms with Gasteiger partial charge in [-0.1, -0.05) is 24.4 Å². The van der Waals surface area contributed by atoms with Crippen LogP contribution in [0.5, 0.6) is 0 Å². The SMILES string of the molecule is Cc1nonc1C(=O)N1CCC(c2nc3c(c(=O)[nH]2)CN(CC2CCCCC2)CC3)CC1. The second kappa shape index (κ2) is 9.13. The van der Waals surface area contributed by atoms with E-state index in [4.69, 9.17) is 4.98 Å². The zero-order valence-corrected chi connectivity index (χ0v) is 18.8. The number of fused-ring (bicyclic) bond motifs is 1. The van der Waals surface area contributed by atoms with Crippen molar-refractivity contribution in [2.45, 2.75) is 70.8 Å². The monoisotopic (exact) mass is 440 g/mol. The van der Waals surface area contributed by atoms with E-state index >= 15 is 0 Å². The van der Waals surface area contributed by atoms with Crippen LogP contribution in [0.4, 0.5) is 0 Å². The van der Waals surface area contributed by atoms with Crippen molar-refractivity contribution in [1.82, 2.24) is 30.1 Å². The Morgan fingerprint density at radius 3 is 2.59 bits per heavy atom. The molecule has 0 bridgehead atoms. The largest absolute Gasteiger partial charge is 0.337 e. The molecule has 1 aliphatic carbocycles. The van der Waals surface area contributed by atoms with E-state index in [9.17, 15) is 9.59 Å². The van der Waals surface area contributed by atoms with Crippen molar-refractivity contribution >= 4 is 5.91 Å². The van der Waals surface area contributed by atoms with Crippen molar-refractivity contribution in [2.75, 3.05) is 26.2 Å². The zero-order valence-electron chi connectivity index (χ0n) is 18.8. The number of nitrogens with one attached hydrogen (secondary N) is 1. The Balaban J connectivity index is 1.22. The number of nitrogens with zero attached hydrogens (tertiary/aromatic N) is 5. The molecule has 9 heteroatoms. The number of aromatic nitrogens is 4. The molecule has 1 amide bonds. The van der Waals surface area contributed by atoms with Gasteiger partial charge in [-0.05, 0) is 43.7 Å². The summed E-state index contributed by atoms with van der Waals surface area (Å²) in [4.78, 5) is 37.7. The first kappa shape index (κ1) is 21.3. The maximum Gasteiger partial charge on any atom is 0.278 e. The van der Waals surface area contributed by atoms with Crippen LogP contribution < -0.4 is 5.56 Å². The summed E-state index contributed by atoms with van der Waals surface area (Å²) >= 11 is 0. The van der Waals surface area contributed by atoms with Gasteiger partial charge in [-0.3, -0.25) is 14.5 Å². The van der Waals surface area contributed by atoms with Crippen molar-refractivity contribution in [3.63, 3.8) is 0 Å². The van der Waals surface area contributed by atoms with Gasteiger partial charge in [-0.25, -0.2) is 9.61 Å². The van der Waals surface area contributed by atoms with Gasteiger partial charge < -0.3 is 9.88 Å². The van der Waals surface area contributed by atoms with Gasteiger partial charge in [-0.2, -0.15) is 0 Å². The van der Waals surface area contributed by atoms with Crippen LogP contribution >= 0.6 is 0 Å². The Morgan fingerprint density at radius 1 is 1.09 bits per heavy atom. The summed E-state index contributed by atoms with van der Waals surface area (Å²) in [5, 5.41) is 7.43. The number of likely N-dealkylation sites (tertiary alicyclic amines) is 1. The topological polar surface area (TPSA) is 108 Å². The van der Waals surface area contributed by atoms with Gasteiger partial charge in [0.15, 0.2) is 5.69 Å². The molecule has 4 heterocycles. The van der Waals surface area contributed by atoms with Gasteiger partial charge in [-0.15, -0.1) is 0 Å². The summed E-state index contributed by atoms with van der Waals surface area (Å²) in [5.74, 6) is 1.57. The minimum atomic E-state index is -0.146. The molecular weight excluding hydrogens is 408 g/mol. The average molecular weight is 441 g/mol. The van der Waals surface area contributed by atoms with E-state index in [1.165, 1.54) is 32.1 Å². The van der Waals surface area contributed by atoms with Gasteiger partial charge in [0, 0.05) is 45.1 Å². The number of hydrogen-bond acceptors (Lipinski definition) is 7. The first-order chi connectivity index (χ1) is 15.6. The minimum Gasteiger partial charge on any atom is -0.337 e. The van der Waals surface area contributed by atoms with Crippen LogP contribution in [-0.2, 0) is 13.0 Å². The summed E-state index contributed by atoms with van der Waals surface area (Å²) in [6, 6.07) is 0. The fourth-order valence-electron chi connectivity index (χ4n) is 5.52. The summed E-state index contributed by atoms with van der Waals surface area (Å²) < 4.78 is 4.66. The smallest absolute Gasteiger partial charge is 0.278 e. The van der Waals surface area contributed by atoms with Crippen LogP contribution in [0.1, 0.15) is 84.1 Å².